The molecule has 3 aromatic carbocycles. The maximum Gasteiger partial charge on any atom is 0.121 e. The Hall–Kier alpha value is -3.12. The van der Waals surface area contributed by atoms with Gasteiger partial charge in [0.05, 0.1) is 24.4 Å². The van der Waals surface area contributed by atoms with Crippen molar-refractivity contribution in [1.29, 1.82) is 0 Å². The van der Waals surface area contributed by atoms with Crippen LogP contribution in [-0.2, 0) is 6.54 Å². The minimum atomic E-state index is -0.0933. The van der Waals surface area contributed by atoms with Gasteiger partial charge in [-0.15, -0.1) is 0 Å². The number of fused-ring (bicyclic) bond motifs is 1. The molecule has 1 aliphatic rings. The maximum atomic E-state index is 6.39. The van der Waals surface area contributed by atoms with Crippen molar-refractivity contribution < 1.29 is 4.74 Å². The SMILES string of the molecule is COc1cc(NC(c2ccc(CN3CCNCC3)cc2)c2cccc(Cl)c2)c2ncccc2c1. The van der Waals surface area contributed by atoms with Gasteiger partial charge in [-0.05, 0) is 41.0 Å². The molecule has 1 fully saturated rings. The predicted molar refractivity (Wildman–Crippen MR) is 140 cm³/mol. The van der Waals surface area contributed by atoms with Gasteiger partial charge in [-0.25, -0.2) is 0 Å². The summed E-state index contributed by atoms with van der Waals surface area (Å²) < 4.78 is 5.56. The number of hydrogen-bond acceptors (Lipinski definition) is 5. The third kappa shape index (κ3) is 5.17. The summed E-state index contributed by atoms with van der Waals surface area (Å²) in [6, 6.07) is 24.8. The third-order valence-electron chi connectivity index (χ3n) is 6.32. The lowest BCUT2D eigenvalue weighted by molar-refractivity contribution is 0.233. The molecular formula is C28H29ClN4O. The topological polar surface area (TPSA) is 49.4 Å². The Balaban J connectivity index is 1.49. The second kappa shape index (κ2) is 10.4. The van der Waals surface area contributed by atoms with Gasteiger partial charge in [0.1, 0.15) is 5.75 Å². The Bertz CT molecular complexity index is 1250. The van der Waals surface area contributed by atoms with Crippen molar-refractivity contribution in [1.82, 2.24) is 15.2 Å². The molecule has 34 heavy (non-hydrogen) atoms. The van der Waals surface area contributed by atoms with Crippen molar-refractivity contribution in [3.63, 3.8) is 0 Å². The van der Waals surface area contributed by atoms with Crippen LogP contribution >= 0.6 is 11.6 Å². The highest BCUT2D eigenvalue weighted by molar-refractivity contribution is 6.30. The highest BCUT2D eigenvalue weighted by Crippen LogP contribution is 2.34. The molecule has 174 valence electrons. The van der Waals surface area contributed by atoms with Crippen LogP contribution in [0, 0.1) is 0 Å². The van der Waals surface area contributed by atoms with Crippen LogP contribution in [-0.4, -0.2) is 43.2 Å². The first-order valence-corrected chi connectivity index (χ1v) is 12.0. The molecule has 0 amide bonds. The summed E-state index contributed by atoms with van der Waals surface area (Å²) in [6.07, 6.45) is 1.82. The van der Waals surface area contributed by atoms with Crippen LogP contribution in [0.1, 0.15) is 22.7 Å². The summed E-state index contributed by atoms with van der Waals surface area (Å²) in [7, 11) is 1.69. The van der Waals surface area contributed by atoms with Crippen molar-refractivity contribution in [2.75, 3.05) is 38.6 Å². The molecule has 5 rings (SSSR count). The van der Waals surface area contributed by atoms with Crippen LogP contribution in [0.5, 0.6) is 5.75 Å². The van der Waals surface area contributed by atoms with Gasteiger partial charge in [0, 0.05) is 55.4 Å². The molecule has 2 heterocycles. The van der Waals surface area contributed by atoms with Gasteiger partial charge in [-0.1, -0.05) is 54.1 Å². The van der Waals surface area contributed by atoms with Gasteiger partial charge < -0.3 is 15.4 Å². The largest absolute Gasteiger partial charge is 0.497 e. The number of nitrogens with zero attached hydrogens (tertiary/aromatic N) is 2. The van der Waals surface area contributed by atoms with Crippen molar-refractivity contribution in [2.45, 2.75) is 12.6 Å². The van der Waals surface area contributed by atoms with E-state index in [-0.39, 0.29) is 6.04 Å². The van der Waals surface area contributed by atoms with Crippen LogP contribution < -0.4 is 15.4 Å². The summed E-state index contributed by atoms with van der Waals surface area (Å²) in [4.78, 5) is 7.13. The summed E-state index contributed by atoms with van der Waals surface area (Å²) in [5.74, 6) is 0.791. The molecule has 0 radical (unpaired) electrons. The number of piperazine rings is 1. The molecule has 1 aliphatic heterocycles. The number of rotatable bonds is 7. The normalized spacial score (nSPS) is 15.2. The third-order valence-corrected chi connectivity index (χ3v) is 6.56. The molecule has 4 aromatic rings. The first-order chi connectivity index (χ1) is 16.7. The number of halogens is 1. The summed E-state index contributed by atoms with van der Waals surface area (Å²) >= 11 is 6.39. The van der Waals surface area contributed by atoms with Crippen molar-refractivity contribution >= 4 is 28.2 Å². The molecule has 0 spiro atoms. The van der Waals surface area contributed by atoms with E-state index in [1.165, 1.54) is 11.1 Å². The van der Waals surface area contributed by atoms with Crippen LogP contribution in [0.4, 0.5) is 5.69 Å². The highest BCUT2D eigenvalue weighted by atomic mass is 35.5. The number of pyridine rings is 1. The van der Waals surface area contributed by atoms with E-state index in [9.17, 15) is 0 Å². The Labute approximate surface area is 205 Å². The van der Waals surface area contributed by atoms with Crippen LogP contribution in [0.15, 0.2) is 79.0 Å². The second-order valence-corrected chi connectivity index (χ2v) is 9.09. The van der Waals surface area contributed by atoms with E-state index in [4.69, 9.17) is 16.3 Å². The monoisotopic (exact) mass is 472 g/mol. The Morgan fingerprint density at radius 2 is 1.82 bits per heavy atom. The molecule has 1 aromatic heterocycles. The zero-order valence-corrected chi connectivity index (χ0v) is 20.1. The van der Waals surface area contributed by atoms with E-state index in [2.05, 4.69) is 56.9 Å². The van der Waals surface area contributed by atoms with Gasteiger partial charge in [0.25, 0.3) is 0 Å². The molecule has 1 unspecified atom stereocenters. The average molecular weight is 473 g/mol. The lowest BCUT2D eigenvalue weighted by Gasteiger charge is -2.27. The molecule has 5 nitrogen and oxygen atoms in total. The minimum Gasteiger partial charge on any atom is -0.497 e. The number of hydrogen-bond donors (Lipinski definition) is 2. The molecular weight excluding hydrogens is 444 g/mol. The van der Waals surface area contributed by atoms with Gasteiger partial charge in [0.2, 0.25) is 0 Å². The standard InChI is InChI=1S/C28H29ClN4O/c1-34-25-17-23-5-3-11-31-28(23)26(18-25)32-27(22-4-2-6-24(29)16-22)21-9-7-20(8-10-21)19-33-14-12-30-13-15-33/h2-11,16-18,27,30,32H,12-15,19H2,1H3. The number of anilines is 1. The van der Waals surface area contributed by atoms with Gasteiger partial charge in [-0.3, -0.25) is 9.88 Å². The van der Waals surface area contributed by atoms with Crippen molar-refractivity contribution in [2.24, 2.45) is 0 Å². The molecule has 0 bridgehead atoms. The highest BCUT2D eigenvalue weighted by Gasteiger charge is 2.18. The Morgan fingerprint density at radius 3 is 2.59 bits per heavy atom. The van der Waals surface area contributed by atoms with Crippen LogP contribution in [0.2, 0.25) is 5.02 Å². The van der Waals surface area contributed by atoms with Gasteiger partial charge in [0.15, 0.2) is 0 Å². The van der Waals surface area contributed by atoms with Crippen LogP contribution in [0.3, 0.4) is 0 Å². The van der Waals surface area contributed by atoms with E-state index in [0.717, 1.165) is 60.6 Å². The minimum absolute atomic E-state index is 0.0933. The van der Waals surface area contributed by atoms with Gasteiger partial charge in [-0.2, -0.15) is 0 Å². The fourth-order valence-electron chi connectivity index (χ4n) is 4.54. The quantitative estimate of drug-likeness (QED) is 0.371. The first kappa shape index (κ1) is 22.7. The van der Waals surface area contributed by atoms with E-state index < -0.39 is 0 Å². The number of ether oxygens (including phenoxy) is 1. The fraction of sp³-hybridized carbons (Fsp3) is 0.250. The number of aromatic nitrogens is 1. The van der Waals surface area contributed by atoms with Gasteiger partial charge >= 0.3 is 0 Å². The second-order valence-electron chi connectivity index (χ2n) is 8.65. The summed E-state index contributed by atoms with van der Waals surface area (Å²) in [5, 5.41) is 8.90. The van der Waals surface area contributed by atoms with E-state index in [1.807, 2.05) is 42.6 Å². The number of methoxy groups -OCH3 is 1. The average Bonchev–Trinajstić information content (AvgIpc) is 2.88. The number of nitrogens with one attached hydrogen (secondary N) is 2. The molecule has 0 aliphatic carbocycles. The molecule has 1 atom stereocenters. The molecule has 2 N–H and O–H groups in total. The van der Waals surface area contributed by atoms with E-state index in [0.29, 0.717) is 5.02 Å². The zero-order chi connectivity index (χ0) is 23.3. The predicted octanol–water partition coefficient (Wildman–Crippen LogP) is 5.50. The first-order valence-electron chi connectivity index (χ1n) is 11.7. The number of benzene rings is 3. The molecule has 1 saturated heterocycles. The summed E-state index contributed by atoms with van der Waals surface area (Å²) in [5.41, 5.74) is 5.41. The maximum absolute atomic E-state index is 6.39. The lowest BCUT2D eigenvalue weighted by Crippen LogP contribution is -2.42. The molecule has 0 saturated carbocycles. The fourth-order valence-corrected chi connectivity index (χ4v) is 4.74. The zero-order valence-electron chi connectivity index (χ0n) is 19.3. The lowest BCUT2D eigenvalue weighted by atomic mass is 9.97. The summed E-state index contributed by atoms with van der Waals surface area (Å²) in [6.45, 7) is 5.26. The van der Waals surface area contributed by atoms with E-state index >= 15 is 0 Å². The Kier molecular flexibility index (Phi) is 6.95. The smallest absolute Gasteiger partial charge is 0.121 e. The van der Waals surface area contributed by atoms with E-state index in [1.54, 1.807) is 7.11 Å². The van der Waals surface area contributed by atoms with Crippen LogP contribution in [0.25, 0.3) is 10.9 Å². The molecule has 6 heteroatoms. The van der Waals surface area contributed by atoms with Crippen molar-refractivity contribution in [3.8, 4) is 5.75 Å². The van der Waals surface area contributed by atoms with Crippen molar-refractivity contribution in [3.05, 3.63) is 101 Å². The Morgan fingerprint density at radius 1 is 1.00 bits per heavy atom.